The second kappa shape index (κ2) is 5.22. The number of nitrogens with zero attached hydrogens (tertiary/aromatic N) is 3. The van der Waals surface area contributed by atoms with Crippen LogP contribution in [0.15, 0.2) is 12.4 Å². The molecule has 4 heteroatoms. The quantitative estimate of drug-likeness (QED) is 0.833. The third-order valence-electron chi connectivity index (χ3n) is 3.96. The van der Waals surface area contributed by atoms with Crippen molar-refractivity contribution < 1.29 is 0 Å². The van der Waals surface area contributed by atoms with E-state index in [1.807, 2.05) is 12.4 Å². The van der Waals surface area contributed by atoms with Crippen LogP contribution in [-0.4, -0.2) is 29.6 Å². The summed E-state index contributed by atoms with van der Waals surface area (Å²) >= 11 is 0. The van der Waals surface area contributed by atoms with Crippen molar-refractivity contribution in [1.82, 2.24) is 15.3 Å². The fraction of sp³-hybridized carbons (Fsp3) is 0.714. The van der Waals surface area contributed by atoms with Crippen LogP contribution in [0.5, 0.6) is 0 Å². The molecule has 2 saturated carbocycles. The Kier molecular flexibility index (Phi) is 3.46. The highest BCUT2D eigenvalue weighted by Crippen LogP contribution is 2.27. The van der Waals surface area contributed by atoms with E-state index in [0.717, 1.165) is 31.0 Å². The van der Waals surface area contributed by atoms with Gasteiger partial charge in [0.2, 0.25) is 5.95 Å². The fourth-order valence-corrected chi connectivity index (χ4v) is 2.33. The Balaban J connectivity index is 1.51. The van der Waals surface area contributed by atoms with E-state index in [1.54, 1.807) is 0 Å². The van der Waals surface area contributed by atoms with Gasteiger partial charge in [-0.1, -0.05) is 6.42 Å². The van der Waals surface area contributed by atoms with Gasteiger partial charge in [0.15, 0.2) is 0 Å². The molecular weight excluding hydrogens is 224 g/mol. The largest absolute Gasteiger partial charge is 0.344 e. The summed E-state index contributed by atoms with van der Waals surface area (Å²) in [4.78, 5) is 11.1. The van der Waals surface area contributed by atoms with Crippen molar-refractivity contribution in [3.05, 3.63) is 18.0 Å². The van der Waals surface area contributed by atoms with Gasteiger partial charge in [-0.3, -0.25) is 0 Å². The summed E-state index contributed by atoms with van der Waals surface area (Å²) in [5.41, 5.74) is 1.18. The maximum atomic E-state index is 4.46. The molecule has 1 N–H and O–H groups in total. The number of hydrogen-bond donors (Lipinski definition) is 1. The van der Waals surface area contributed by atoms with E-state index in [9.17, 15) is 0 Å². The predicted molar refractivity (Wildman–Crippen MR) is 72.5 cm³/mol. The summed E-state index contributed by atoms with van der Waals surface area (Å²) in [6, 6.07) is 0.742. The topological polar surface area (TPSA) is 41.1 Å². The first-order valence-electron chi connectivity index (χ1n) is 7.07. The Morgan fingerprint density at radius 2 is 1.94 bits per heavy atom. The minimum atomic E-state index is 0.742. The summed E-state index contributed by atoms with van der Waals surface area (Å²) in [6.07, 6.45) is 10.7. The van der Waals surface area contributed by atoms with Crippen LogP contribution < -0.4 is 10.2 Å². The number of hydrogen-bond acceptors (Lipinski definition) is 4. The molecule has 2 fully saturated rings. The van der Waals surface area contributed by atoms with Gasteiger partial charge in [0.25, 0.3) is 0 Å². The lowest BCUT2D eigenvalue weighted by Gasteiger charge is -2.30. The molecule has 1 aromatic rings. The first-order chi connectivity index (χ1) is 8.81. The van der Waals surface area contributed by atoms with Crippen molar-refractivity contribution in [2.75, 3.05) is 18.5 Å². The van der Waals surface area contributed by atoms with Crippen LogP contribution in [-0.2, 0) is 6.54 Å². The van der Waals surface area contributed by atoms with Crippen molar-refractivity contribution in [1.29, 1.82) is 0 Å². The zero-order valence-corrected chi connectivity index (χ0v) is 11.1. The van der Waals surface area contributed by atoms with Crippen molar-refractivity contribution in [3.8, 4) is 0 Å². The maximum absolute atomic E-state index is 4.46. The Bertz CT molecular complexity index is 381. The molecule has 1 aromatic heterocycles. The van der Waals surface area contributed by atoms with E-state index >= 15 is 0 Å². The molecule has 0 atom stereocenters. The van der Waals surface area contributed by atoms with Gasteiger partial charge >= 0.3 is 0 Å². The number of rotatable bonds is 6. The molecule has 98 valence electrons. The van der Waals surface area contributed by atoms with Crippen LogP contribution in [0.25, 0.3) is 0 Å². The van der Waals surface area contributed by atoms with Crippen molar-refractivity contribution in [2.24, 2.45) is 5.92 Å². The average Bonchev–Trinajstić information content (AvgIpc) is 3.16. The van der Waals surface area contributed by atoms with Crippen molar-refractivity contribution in [3.63, 3.8) is 0 Å². The molecule has 0 unspecified atom stereocenters. The van der Waals surface area contributed by atoms with Crippen molar-refractivity contribution in [2.45, 2.75) is 44.7 Å². The first-order valence-corrected chi connectivity index (χ1v) is 7.07. The van der Waals surface area contributed by atoms with Crippen LogP contribution in [0.3, 0.4) is 0 Å². The molecule has 4 nitrogen and oxygen atoms in total. The Morgan fingerprint density at radius 1 is 1.22 bits per heavy atom. The van der Waals surface area contributed by atoms with Gasteiger partial charge < -0.3 is 10.2 Å². The highest BCUT2D eigenvalue weighted by Gasteiger charge is 2.21. The fourth-order valence-electron chi connectivity index (χ4n) is 2.33. The summed E-state index contributed by atoms with van der Waals surface area (Å²) < 4.78 is 0. The van der Waals surface area contributed by atoms with E-state index in [4.69, 9.17) is 0 Å². The SMILES string of the molecule is CN(CC1CCC1)c1ncc(CNC2CC2)cn1. The molecule has 0 saturated heterocycles. The molecular formula is C14H22N4. The van der Waals surface area contributed by atoms with E-state index < -0.39 is 0 Å². The molecule has 0 radical (unpaired) electrons. The van der Waals surface area contributed by atoms with Gasteiger partial charge in [0.1, 0.15) is 0 Å². The molecule has 0 bridgehead atoms. The minimum Gasteiger partial charge on any atom is -0.344 e. The summed E-state index contributed by atoms with van der Waals surface area (Å²) in [5, 5.41) is 3.48. The highest BCUT2D eigenvalue weighted by molar-refractivity contribution is 5.28. The second-order valence-corrected chi connectivity index (χ2v) is 5.72. The minimum absolute atomic E-state index is 0.742. The van der Waals surface area contributed by atoms with Gasteiger partial charge in [-0.15, -0.1) is 0 Å². The van der Waals surface area contributed by atoms with E-state index in [-0.39, 0.29) is 0 Å². The molecule has 0 aromatic carbocycles. The monoisotopic (exact) mass is 246 g/mol. The molecule has 0 aliphatic heterocycles. The zero-order chi connectivity index (χ0) is 12.4. The van der Waals surface area contributed by atoms with Crippen LogP contribution in [0.2, 0.25) is 0 Å². The van der Waals surface area contributed by atoms with Gasteiger partial charge in [-0.05, 0) is 31.6 Å². The van der Waals surface area contributed by atoms with Gasteiger partial charge in [0.05, 0.1) is 0 Å². The van der Waals surface area contributed by atoms with Crippen LogP contribution in [0.1, 0.15) is 37.7 Å². The van der Waals surface area contributed by atoms with E-state index in [2.05, 4.69) is 27.2 Å². The Hall–Kier alpha value is -1.16. The lowest BCUT2D eigenvalue weighted by molar-refractivity contribution is 0.320. The Labute approximate surface area is 109 Å². The van der Waals surface area contributed by atoms with Crippen LogP contribution in [0, 0.1) is 5.92 Å². The predicted octanol–water partition coefficient (Wildman–Crippen LogP) is 1.96. The standard InChI is InChI=1S/C14H22N4/c1-18(10-11-3-2-4-11)14-16-8-12(9-17-14)7-15-13-5-6-13/h8-9,11,13,15H,2-7,10H2,1H3. The third-order valence-corrected chi connectivity index (χ3v) is 3.96. The molecule has 2 aliphatic carbocycles. The van der Waals surface area contributed by atoms with Gasteiger partial charge in [-0.2, -0.15) is 0 Å². The third kappa shape index (κ3) is 2.99. The molecule has 2 aliphatic rings. The van der Waals surface area contributed by atoms with E-state index in [0.29, 0.717) is 0 Å². The highest BCUT2D eigenvalue weighted by atomic mass is 15.2. The molecule has 3 rings (SSSR count). The first kappa shape index (κ1) is 11.9. The molecule has 0 amide bonds. The normalized spacial score (nSPS) is 19.6. The number of anilines is 1. The van der Waals surface area contributed by atoms with Crippen LogP contribution in [0.4, 0.5) is 5.95 Å². The summed E-state index contributed by atoms with van der Waals surface area (Å²) in [7, 11) is 2.09. The smallest absolute Gasteiger partial charge is 0.225 e. The van der Waals surface area contributed by atoms with E-state index in [1.165, 1.54) is 37.7 Å². The number of aromatic nitrogens is 2. The zero-order valence-electron chi connectivity index (χ0n) is 11.1. The van der Waals surface area contributed by atoms with Crippen molar-refractivity contribution >= 4 is 5.95 Å². The molecule has 0 spiro atoms. The summed E-state index contributed by atoms with van der Waals surface area (Å²) in [6.45, 7) is 2.00. The lowest BCUT2D eigenvalue weighted by atomic mass is 9.85. The average molecular weight is 246 g/mol. The molecule has 18 heavy (non-hydrogen) atoms. The molecule has 1 heterocycles. The van der Waals surface area contributed by atoms with Gasteiger partial charge in [0, 0.05) is 44.1 Å². The van der Waals surface area contributed by atoms with Crippen LogP contribution >= 0.6 is 0 Å². The maximum Gasteiger partial charge on any atom is 0.225 e. The second-order valence-electron chi connectivity index (χ2n) is 5.72. The summed E-state index contributed by atoms with van der Waals surface area (Å²) in [5.74, 6) is 1.71. The number of nitrogens with one attached hydrogen (secondary N) is 1. The lowest BCUT2D eigenvalue weighted by Crippen LogP contribution is -2.30. The Morgan fingerprint density at radius 3 is 2.50 bits per heavy atom. The van der Waals surface area contributed by atoms with Gasteiger partial charge in [-0.25, -0.2) is 9.97 Å².